The highest BCUT2D eigenvalue weighted by Crippen LogP contribution is 2.31. The summed E-state index contributed by atoms with van der Waals surface area (Å²) in [5.74, 6) is 1.63. The molecule has 3 rings (SSSR count). The molecule has 0 aliphatic heterocycles. The SMILES string of the molecule is COc1cnc(-c2[nH]c3ccccc3c2C(C)=O)nc1NCCCN(C)C. The number of carbonyl (C=O) groups is 1. The van der Waals surface area contributed by atoms with E-state index in [0.29, 0.717) is 28.6 Å². The van der Waals surface area contributed by atoms with E-state index in [1.165, 1.54) is 0 Å². The molecule has 0 radical (unpaired) electrons. The summed E-state index contributed by atoms with van der Waals surface area (Å²) >= 11 is 0. The van der Waals surface area contributed by atoms with Gasteiger partial charge in [0.25, 0.3) is 0 Å². The van der Waals surface area contributed by atoms with Crippen LogP contribution in [0.1, 0.15) is 23.7 Å². The fourth-order valence-electron chi connectivity index (χ4n) is 3.04. The van der Waals surface area contributed by atoms with E-state index in [0.717, 1.165) is 30.4 Å². The van der Waals surface area contributed by atoms with Crippen LogP contribution in [0, 0.1) is 0 Å². The molecule has 0 amide bonds. The number of aromatic amines is 1. The Morgan fingerprint density at radius 2 is 2.07 bits per heavy atom. The number of anilines is 1. The molecule has 0 aliphatic carbocycles. The van der Waals surface area contributed by atoms with E-state index < -0.39 is 0 Å². The lowest BCUT2D eigenvalue weighted by Gasteiger charge is -2.13. The van der Waals surface area contributed by atoms with Gasteiger partial charge in [0.05, 0.1) is 24.6 Å². The lowest BCUT2D eigenvalue weighted by molar-refractivity contribution is 0.102. The number of rotatable bonds is 8. The Bertz CT molecular complexity index is 949. The second-order valence-electron chi connectivity index (χ2n) is 6.67. The highest BCUT2D eigenvalue weighted by atomic mass is 16.5. The van der Waals surface area contributed by atoms with Crippen LogP contribution >= 0.6 is 0 Å². The average Bonchev–Trinajstić information content (AvgIpc) is 3.04. The maximum atomic E-state index is 12.3. The number of methoxy groups -OCH3 is 1. The molecule has 1 aromatic carbocycles. The molecule has 7 nitrogen and oxygen atoms in total. The number of benzene rings is 1. The summed E-state index contributed by atoms with van der Waals surface area (Å²) in [5, 5.41) is 4.19. The molecule has 7 heteroatoms. The van der Waals surface area contributed by atoms with E-state index in [2.05, 4.69) is 25.2 Å². The van der Waals surface area contributed by atoms with Crippen molar-refractivity contribution in [3.63, 3.8) is 0 Å². The number of nitrogens with zero attached hydrogens (tertiary/aromatic N) is 3. The van der Waals surface area contributed by atoms with E-state index in [9.17, 15) is 4.79 Å². The molecule has 2 N–H and O–H groups in total. The average molecular weight is 367 g/mol. The first-order chi connectivity index (χ1) is 13.0. The largest absolute Gasteiger partial charge is 0.491 e. The first kappa shape index (κ1) is 18.8. The van der Waals surface area contributed by atoms with Gasteiger partial charge in [-0.15, -0.1) is 0 Å². The molecular weight excluding hydrogens is 342 g/mol. The minimum Gasteiger partial charge on any atom is -0.491 e. The monoisotopic (exact) mass is 367 g/mol. The molecule has 3 aromatic rings. The van der Waals surface area contributed by atoms with Gasteiger partial charge in [-0.2, -0.15) is 0 Å². The summed E-state index contributed by atoms with van der Waals surface area (Å²) in [5.41, 5.74) is 2.12. The van der Waals surface area contributed by atoms with E-state index in [1.807, 2.05) is 38.4 Å². The molecular formula is C20H25N5O2. The fourth-order valence-corrected chi connectivity index (χ4v) is 3.04. The number of H-pyrrole nitrogens is 1. The van der Waals surface area contributed by atoms with Crippen molar-refractivity contribution in [2.45, 2.75) is 13.3 Å². The molecule has 0 atom stereocenters. The molecule has 2 heterocycles. The van der Waals surface area contributed by atoms with E-state index in [-0.39, 0.29) is 5.78 Å². The van der Waals surface area contributed by atoms with Gasteiger partial charge in [-0.1, -0.05) is 18.2 Å². The number of aromatic nitrogens is 3. The summed E-state index contributed by atoms with van der Waals surface area (Å²) in [6.07, 6.45) is 2.60. The molecule has 0 spiro atoms. The van der Waals surface area contributed by atoms with Crippen molar-refractivity contribution in [1.82, 2.24) is 19.9 Å². The quantitative estimate of drug-likeness (QED) is 0.470. The Hall–Kier alpha value is -2.93. The Balaban J connectivity index is 1.97. The molecule has 27 heavy (non-hydrogen) atoms. The smallest absolute Gasteiger partial charge is 0.179 e. The van der Waals surface area contributed by atoms with E-state index in [1.54, 1.807) is 20.2 Å². The van der Waals surface area contributed by atoms with E-state index in [4.69, 9.17) is 4.74 Å². The van der Waals surface area contributed by atoms with Crippen LogP contribution < -0.4 is 10.1 Å². The van der Waals surface area contributed by atoms with Gasteiger partial charge < -0.3 is 19.9 Å². The fraction of sp³-hybridized carbons (Fsp3) is 0.350. The van der Waals surface area contributed by atoms with Crippen LogP contribution in [-0.4, -0.2) is 59.9 Å². The van der Waals surface area contributed by atoms with Crippen LogP contribution in [0.25, 0.3) is 22.4 Å². The minimum atomic E-state index is -0.0256. The first-order valence-corrected chi connectivity index (χ1v) is 8.93. The van der Waals surface area contributed by atoms with Gasteiger partial charge in [-0.25, -0.2) is 9.97 Å². The van der Waals surface area contributed by atoms with Crippen molar-refractivity contribution in [1.29, 1.82) is 0 Å². The summed E-state index contributed by atoms with van der Waals surface area (Å²) < 4.78 is 5.38. The van der Waals surface area contributed by atoms with Crippen molar-refractivity contribution in [3.05, 3.63) is 36.0 Å². The third-order valence-electron chi connectivity index (χ3n) is 4.33. The van der Waals surface area contributed by atoms with Gasteiger partial charge in [0.15, 0.2) is 23.2 Å². The molecule has 0 saturated heterocycles. The Labute approximate surface area is 158 Å². The number of para-hydroxylation sites is 1. The van der Waals surface area contributed by atoms with Crippen molar-refractivity contribution >= 4 is 22.5 Å². The molecule has 0 fully saturated rings. The number of ketones is 1. The van der Waals surface area contributed by atoms with Crippen LogP contribution in [0.2, 0.25) is 0 Å². The maximum Gasteiger partial charge on any atom is 0.179 e. The lowest BCUT2D eigenvalue weighted by atomic mass is 10.1. The molecule has 0 saturated carbocycles. The van der Waals surface area contributed by atoms with Gasteiger partial charge >= 0.3 is 0 Å². The van der Waals surface area contributed by atoms with Gasteiger partial charge in [0, 0.05) is 17.4 Å². The van der Waals surface area contributed by atoms with Crippen LogP contribution in [0.4, 0.5) is 5.82 Å². The molecule has 0 unspecified atom stereocenters. The van der Waals surface area contributed by atoms with Crippen LogP contribution in [0.3, 0.4) is 0 Å². The van der Waals surface area contributed by atoms with Gasteiger partial charge in [-0.05, 0) is 40.1 Å². The van der Waals surface area contributed by atoms with Crippen LogP contribution in [0.5, 0.6) is 5.75 Å². The standard InChI is InChI=1S/C20H25N5O2/c1-13(26)17-14-8-5-6-9-15(14)23-18(17)20-22-12-16(27-4)19(24-20)21-10-7-11-25(2)3/h5-6,8-9,12,23H,7,10-11H2,1-4H3,(H,21,22,24). The van der Waals surface area contributed by atoms with Crippen LogP contribution in [0.15, 0.2) is 30.5 Å². The third-order valence-corrected chi connectivity index (χ3v) is 4.33. The topological polar surface area (TPSA) is 83.1 Å². The molecule has 0 aliphatic rings. The predicted molar refractivity (Wildman–Crippen MR) is 108 cm³/mol. The summed E-state index contributed by atoms with van der Waals surface area (Å²) in [7, 11) is 5.68. The molecule has 142 valence electrons. The van der Waals surface area contributed by atoms with Crippen molar-refractivity contribution in [2.75, 3.05) is 39.6 Å². The highest BCUT2D eigenvalue weighted by Gasteiger charge is 2.19. The zero-order valence-electron chi connectivity index (χ0n) is 16.2. The Kier molecular flexibility index (Phi) is 5.71. The van der Waals surface area contributed by atoms with Gasteiger partial charge in [-0.3, -0.25) is 4.79 Å². The summed E-state index contributed by atoms with van der Waals surface area (Å²) in [4.78, 5) is 26.7. The Morgan fingerprint density at radius 3 is 2.78 bits per heavy atom. The van der Waals surface area contributed by atoms with E-state index >= 15 is 0 Å². The third kappa shape index (κ3) is 4.09. The molecule has 2 aromatic heterocycles. The number of nitrogens with one attached hydrogen (secondary N) is 2. The number of ether oxygens (including phenoxy) is 1. The maximum absolute atomic E-state index is 12.3. The van der Waals surface area contributed by atoms with Crippen LogP contribution in [-0.2, 0) is 0 Å². The normalized spacial score (nSPS) is 11.1. The number of fused-ring (bicyclic) bond motifs is 1. The zero-order chi connectivity index (χ0) is 19.4. The predicted octanol–water partition coefficient (Wildman–Crippen LogP) is 3.20. The van der Waals surface area contributed by atoms with Crippen molar-refractivity contribution in [2.24, 2.45) is 0 Å². The van der Waals surface area contributed by atoms with Crippen molar-refractivity contribution < 1.29 is 9.53 Å². The Morgan fingerprint density at radius 1 is 1.30 bits per heavy atom. The highest BCUT2D eigenvalue weighted by molar-refractivity contribution is 6.11. The summed E-state index contributed by atoms with van der Waals surface area (Å²) in [6.45, 7) is 3.30. The summed E-state index contributed by atoms with van der Waals surface area (Å²) in [6, 6.07) is 7.71. The first-order valence-electron chi connectivity index (χ1n) is 8.93. The van der Waals surface area contributed by atoms with Gasteiger partial charge in [0.2, 0.25) is 0 Å². The molecule has 0 bridgehead atoms. The second kappa shape index (κ2) is 8.18. The zero-order valence-corrected chi connectivity index (χ0v) is 16.2. The number of Topliss-reactive ketones (excluding diaryl/α,β-unsaturated/α-hetero) is 1. The minimum absolute atomic E-state index is 0.0256. The van der Waals surface area contributed by atoms with Crippen molar-refractivity contribution in [3.8, 4) is 17.3 Å². The second-order valence-corrected chi connectivity index (χ2v) is 6.67. The van der Waals surface area contributed by atoms with Gasteiger partial charge in [0.1, 0.15) is 0 Å². The number of hydrogen-bond donors (Lipinski definition) is 2. The number of hydrogen-bond acceptors (Lipinski definition) is 6. The number of carbonyl (C=O) groups excluding carboxylic acids is 1. The lowest BCUT2D eigenvalue weighted by Crippen LogP contribution is -2.17.